The van der Waals surface area contributed by atoms with Crippen LogP contribution in [0.15, 0.2) is 109 Å². The summed E-state index contributed by atoms with van der Waals surface area (Å²) in [7, 11) is 0. The van der Waals surface area contributed by atoms with E-state index in [4.69, 9.17) is 4.74 Å². The van der Waals surface area contributed by atoms with Crippen LogP contribution >= 0.6 is 0 Å². The average molecular weight is 846 g/mol. The molecule has 0 saturated carbocycles. The monoisotopic (exact) mass is 846 g/mol. The summed E-state index contributed by atoms with van der Waals surface area (Å²) in [5.41, 5.74) is 0. The summed E-state index contributed by atoms with van der Waals surface area (Å²) in [6.07, 6.45) is 64.6. The second-order valence-electron chi connectivity index (χ2n) is 16.2. The number of aliphatic hydroxyl groups is 2. The van der Waals surface area contributed by atoms with Gasteiger partial charge in [0.15, 0.2) is 0 Å². The summed E-state index contributed by atoms with van der Waals surface area (Å²) in [5.74, 6) is -0.665. The lowest BCUT2D eigenvalue weighted by molar-refractivity contribution is -0.148. The number of amides is 1. The molecule has 3 atom stereocenters. The Morgan fingerprint density at radius 1 is 0.525 bits per heavy atom. The summed E-state index contributed by atoms with van der Waals surface area (Å²) in [5, 5.41) is 23.7. The Kier molecular flexibility index (Phi) is 44.9. The van der Waals surface area contributed by atoms with Gasteiger partial charge in [-0.15, -0.1) is 0 Å². The number of carbonyl (C=O) groups is 2. The van der Waals surface area contributed by atoms with Crippen LogP contribution in [0.3, 0.4) is 0 Å². The van der Waals surface area contributed by atoms with Crippen LogP contribution in [0.4, 0.5) is 0 Å². The lowest BCUT2D eigenvalue weighted by Crippen LogP contribution is -2.46. The Hall–Kier alpha value is -3.48. The molecule has 1 amide bonds. The molecule has 346 valence electrons. The maximum absolute atomic E-state index is 13.1. The average Bonchev–Trinajstić information content (AvgIpc) is 3.25. The van der Waals surface area contributed by atoms with Crippen molar-refractivity contribution in [2.24, 2.45) is 0 Å². The van der Waals surface area contributed by atoms with E-state index < -0.39 is 18.2 Å². The van der Waals surface area contributed by atoms with Gasteiger partial charge in [0.1, 0.15) is 6.10 Å². The standard InChI is InChI=1S/C55H91NO5/c1-4-7-10-13-16-19-22-25-26-27-28-30-31-34-37-40-43-46-51(61-55(60)48-45-42-39-36-33-29-23-20-17-14-11-8-5-2)49-54(59)56-52(50-57)53(58)47-44-41-38-35-32-24-21-18-15-12-9-6-3/h7-8,10-11,14,16-17,19-20,23,25-26,28,30,34,37,43,46,51-53,57-58H,4-6,9,12-13,15,18,21-22,24,27,29,31-33,35-36,38-42,44-45,47-50H2,1-3H3,(H,56,59)/b10-7-,11-8+,17-14+,19-16-,23-20-,26-25-,30-28-,37-34-,46-43-. The zero-order valence-corrected chi connectivity index (χ0v) is 39.2. The van der Waals surface area contributed by atoms with Gasteiger partial charge in [-0.3, -0.25) is 9.59 Å². The molecule has 0 radical (unpaired) electrons. The largest absolute Gasteiger partial charge is 0.458 e. The molecule has 0 aromatic carbocycles. The van der Waals surface area contributed by atoms with Crippen LogP contribution in [0.25, 0.3) is 0 Å². The Morgan fingerprint density at radius 2 is 0.984 bits per heavy atom. The zero-order valence-electron chi connectivity index (χ0n) is 39.2. The van der Waals surface area contributed by atoms with E-state index in [0.29, 0.717) is 19.3 Å². The number of nitrogens with one attached hydrogen (secondary N) is 1. The Labute approximate surface area is 375 Å². The number of hydrogen-bond acceptors (Lipinski definition) is 5. The van der Waals surface area contributed by atoms with Crippen LogP contribution in [0.2, 0.25) is 0 Å². The van der Waals surface area contributed by atoms with E-state index in [9.17, 15) is 19.8 Å². The molecule has 0 aliphatic carbocycles. The molecule has 0 rings (SSSR count). The molecule has 61 heavy (non-hydrogen) atoms. The fourth-order valence-corrected chi connectivity index (χ4v) is 6.72. The molecule has 3 unspecified atom stereocenters. The zero-order chi connectivity index (χ0) is 44.5. The summed E-state index contributed by atoms with van der Waals surface area (Å²) in [6, 6.07) is -0.753. The molecule has 0 aliphatic heterocycles. The van der Waals surface area contributed by atoms with Gasteiger partial charge in [-0.1, -0.05) is 220 Å². The third kappa shape index (κ3) is 43.0. The summed E-state index contributed by atoms with van der Waals surface area (Å²) >= 11 is 0. The highest BCUT2D eigenvalue weighted by molar-refractivity contribution is 5.78. The van der Waals surface area contributed by atoms with Crippen molar-refractivity contribution >= 4 is 11.9 Å². The van der Waals surface area contributed by atoms with Crippen molar-refractivity contribution in [2.45, 2.75) is 219 Å². The topological polar surface area (TPSA) is 95.9 Å². The van der Waals surface area contributed by atoms with Gasteiger partial charge in [-0.05, 0) is 76.7 Å². The molecule has 0 saturated heterocycles. The SMILES string of the molecule is CC/C=C\C/C=C\C/C=C\C/C=C\C/C=C\C/C=C\C(CC(=O)NC(CO)C(O)CCCCCCCCCCCCCC)OC(=O)CCCCCCC\C=C/C=C/C=C/CC. The van der Waals surface area contributed by atoms with Crippen molar-refractivity contribution in [1.29, 1.82) is 0 Å². The molecular formula is C55H91NO5. The second-order valence-corrected chi connectivity index (χ2v) is 16.2. The smallest absolute Gasteiger partial charge is 0.306 e. The molecule has 0 spiro atoms. The van der Waals surface area contributed by atoms with Crippen molar-refractivity contribution in [1.82, 2.24) is 5.32 Å². The van der Waals surface area contributed by atoms with Gasteiger partial charge in [0.2, 0.25) is 5.91 Å². The fraction of sp³-hybridized carbons (Fsp3) is 0.636. The Balaban J connectivity index is 4.84. The molecule has 0 bridgehead atoms. The highest BCUT2D eigenvalue weighted by atomic mass is 16.5. The molecule has 0 heterocycles. The Morgan fingerprint density at radius 3 is 1.51 bits per heavy atom. The van der Waals surface area contributed by atoms with Crippen LogP contribution < -0.4 is 5.32 Å². The number of carbonyl (C=O) groups excluding carboxylic acids is 2. The van der Waals surface area contributed by atoms with E-state index in [1.165, 1.54) is 57.8 Å². The van der Waals surface area contributed by atoms with E-state index in [1.807, 2.05) is 6.08 Å². The lowest BCUT2D eigenvalue weighted by atomic mass is 10.0. The Bertz CT molecular complexity index is 1270. The van der Waals surface area contributed by atoms with Gasteiger partial charge in [0.05, 0.1) is 25.2 Å². The van der Waals surface area contributed by atoms with Gasteiger partial charge < -0.3 is 20.3 Å². The summed E-state index contributed by atoms with van der Waals surface area (Å²) < 4.78 is 5.80. The maximum atomic E-state index is 13.1. The van der Waals surface area contributed by atoms with Crippen molar-refractivity contribution in [3.63, 3.8) is 0 Å². The normalized spacial score (nSPS) is 14.2. The molecule has 0 fully saturated rings. The maximum Gasteiger partial charge on any atom is 0.306 e. The number of esters is 1. The fourth-order valence-electron chi connectivity index (χ4n) is 6.72. The molecule has 0 aliphatic rings. The van der Waals surface area contributed by atoms with Crippen molar-refractivity contribution < 1.29 is 24.5 Å². The first-order valence-electron chi connectivity index (χ1n) is 24.7. The first-order chi connectivity index (χ1) is 30.0. The van der Waals surface area contributed by atoms with Gasteiger partial charge in [0.25, 0.3) is 0 Å². The third-order valence-corrected chi connectivity index (χ3v) is 10.4. The minimum absolute atomic E-state index is 0.0622. The van der Waals surface area contributed by atoms with E-state index in [2.05, 4.69) is 123 Å². The van der Waals surface area contributed by atoms with E-state index in [-0.39, 0.29) is 24.9 Å². The first-order valence-corrected chi connectivity index (χ1v) is 24.7. The van der Waals surface area contributed by atoms with Crippen molar-refractivity contribution in [3.05, 3.63) is 109 Å². The minimum Gasteiger partial charge on any atom is -0.458 e. The number of hydrogen-bond donors (Lipinski definition) is 3. The van der Waals surface area contributed by atoms with E-state index in [1.54, 1.807) is 6.08 Å². The van der Waals surface area contributed by atoms with Gasteiger partial charge in [-0.25, -0.2) is 0 Å². The third-order valence-electron chi connectivity index (χ3n) is 10.4. The second kappa shape index (κ2) is 47.6. The first kappa shape index (κ1) is 57.5. The number of allylic oxidation sites excluding steroid dienone is 17. The minimum atomic E-state index is -0.829. The molecule has 6 nitrogen and oxygen atoms in total. The summed E-state index contributed by atoms with van der Waals surface area (Å²) in [6.45, 7) is 6.17. The molecule has 0 aromatic heterocycles. The van der Waals surface area contributed by atoms with Gasteiger partial charge >= 0.3 is 5.97 Å². The number of ether oxygens (including phenoxy) is 1. The van der Waals surface area contributed by atoms with Crippen LogP contribution in [0.1, 0.15) is 201 Å². The van der Waals surface area contributed by atoms with Crippen LogP contribution in [0.5, 0.6) is 0 Å². The quantitative estimate of drug-likeness (QED) is 0.0246. The van der Waals surface area contributed by atoms with Crippen LogP contribution in [-0.2, 0) is 14.3 Å². The van der Waals surface area contributed by atoms with E-state index >= 15 is 0 Å². The predicted molar refractivity (Wildman–Crippen MR) is 263 cm³/mol. The number of rotatable bonds is 42. The molecular weight excluding hydrogens is 755 g/mol. The van der Waals surface area contributed by atoms with Crippen molar-refractivity contribution in [3.8, 4) is 0 Å². The number of unbranched alkanes of at least 4 members (excludes halogenated alkanes) is 16. The highest BCUT2D eigenvalue weighted by Gasteiger charge is 2.23. The number of aliphatic hydroxyl groups excluding tert-OH is 2. The van der Waals surface area contributed by atoms with Crippen molar-refractivity contribution in [2.75, 3.05) is 6.61 Å². The van der Waals surface area contributed by atoms with Gasteiger partial charge in [-0.2, -0.15) is 0 Å². The molecule has 6 heteroatoms. The van der Waals surface area contributed by atoms with Crippen LogP contribution in [-0.4, -0.2) is 46.9 Å². The predicted octanol–water partition coefficient (Wildman–Crippen LogP) is 14.7. The molecule has 3 N–H and O–H groups in total. The summed E-state index contributed by atoms with van der Waals surface area (Å²) in [4.78, 5) is 26.0. The molecule has 0 aromatic rings. The van der Waals surface area contributed by atoms with E-state index in [0.717, 1.165) is 96.3 Å². The lowest BCUT2D eigenvalue weighted by Gasteiger charge is -2.23. The van der Waals surface area contributed by atoms with Gasteiger partial charge in [0, 0.05) is 6.42 Å². The highest BCUT2D eigenvalue weighted by Crippen LogP contribution is 2.15. The van der Waals surface area contributed by atoms with Crippen LogP contribution in [0, 0.1) is 0 Å².